The molecule has 0 amide bonds. The molecule has 59 heavy (non-hydrogen) atoms. The van der Waals surface area contributed by atoms with E-state index in [1.165, 1.54) is 49.0 Å². The van der Waals surface area contributed by atoms with Crippen molar-refractivity contribution in [3.05, 3.63) is 193 Å². The van der Waals surface area contributed by atoms with Crippen molar-refractivity contribution in [3.63, 3.8) is 0 Å². The van der Waals surface area contributed by atoms with E-state index in [-0.39, 0.29) is 5.41 Å². The van der Waals surface area contributed by atoms with Gasteiger partial charge in [0, 0.05) is 27.7 Å². The van der Waals surface area contributed by atoms with Crippen molar-refractivity contribution in [1.29, 1.82) is 0 Å². The summed E-state index contributed by atoms with van der Waals surface area (Å²) in [6, 6.07) is 64.0. The Morgan fingerprint density at radius 3 is 1.69 bits per heavy atom. The number of nitrogens with zero attached hydrogens (tertiary/aromatic N) is 2. The zero-order chi connectivity index (χ0) is 39.2. The molecule has 4 nitrogen and oxygen atoms in total. The maximum atomic E-state index is 6.74. The Labute approximate surface area is 342 Å². The lowest BCUT2D eigenvalue weighted by Gasteiger charge is -2.25. The zero-order valence-corrected chi connectivity index (χ0v) is 32.5. The molecule has 0 atom stereocenters. The van der Waals surface area contributed by atoms with Crippen LogP contribution in [0.5, 0.6) is 23.0 Å². The first-order valence-electron chi connectivity index (χ1n) is 20.1. The summed E-state index contributed by atoms with van der Waals surface area (Å²) in [5.74, 6) is 3.50. The first kappa shape index (κ1) is 33.6. The third-order valence-corrected chi connectivity index (χ3v) is 12.4. The summed E-state index contributed by atoms with van der Waals surface area (Å²) in [5, 5.41) is 7.41. The smallest absolute Gasteiger partial charge is 0.178 e. The molecule has 2 aliphatic rings. The van der Waals surface area contributed by atoms with Gasteiger partial charge in [-0.1, -0.05) is 166 Å². The molecule has 0 unspecified atom stereocenters. The Morgan fingerprint density at radius 2 is 0.949 bits per heavy atom. The van der Waals surface area contributed by atoms with Gasteiger partial charge in [0.05, 0.1) is 11.4 Å². The lowest BCUT2D eigenvalue weighted by atomic mass is 9.82. The van der Waals surface area contributed by atoms with E-state index >= 15 is 0 Å². The minimum absolute atomic E-state index is 0.129. The molecule has 1 aliphatic heterocycles. The molecule has 0 N–H and O–H groups in total. The van der Waals surface area contributed by atoms with Crippen molar-refractivity contribution in [1.82, 2.24) is 9.97 Å². The topological polar surface area (TPSA) is 44.2 Å². The van der Waals surface area contributed by atoms with Crippen LogP contribution in [0.25, 0.3) is 88.5 Å². The Hall–Kier alpha value is -7.56. The second-order valence-corrected chi connectivity index (χ2v) is 16.1. The number of ether oxygens (including phenoxy) is 2. The number of rotatable bonds is 4. The van der Waals surface area contributed by atoms with Crippen LogP contribution in [0.2, 0.25) is 0 Å². The fraction of sp³-hybridized carbons (Fsp3) is 0.0545. The first-order valence-corrected chi connectivity index (χ1v) is 20.1. The summed E-state index contributed by atoms with van der Waals surface area (Å²) in [7, 11) is 0. The van der Waals surface area contributed by atoms with E-state index in [4.69, 9.17) is 19.4 Å². The highest BCUT2D eigenvalue weighted by molar-refractivity contribution is 6.25. The number of benzene rings is 9. The molecule has 4 heteroatoms. The molecule has 2 heterocycles. The molecule has 0 bridgehead atoms. The SMILES string of the molecule is CC1(C)c2ccccc2-c2c1ccc1c2Oc2ccc(-c3ccccc3-c3nc(-c4ccccc4)cc(-c4ccc5c6ccccc6c6ccccc6c5c4)n3)cc2O1. The summed E-state index contributed by atoms with van der Waals surface area (Å²) in [5.41, 5.74) is 11.4. The predicted octanol–water partition coefficient (Wildman–Crippen LogP) is 14.8. The monoisotopic (exact) mass is 756 g/mol. The Morgan fingerprint density at radius 1 is 0.373 bits per heavy atom. The van der Waals surface area contributed by atoms with Gasteiger partial charge in [-0.3, -0.25) is 0 Å². The van der Waals surface area contributed by atoms with Crippen LogP contribution >= 0.6 is 0 Å². The van der Waals surface area contributed by atoms with E-state index in [9.17, 15) is 0 Å². The van der Waals surface area contributed by atoms with Gasteiger partial charge in [0.1, 0.15) is 0 Å². The Bertz CT molecular complexity index is 3330. The second kappa shape index (κ2) is 12.7. The van der Waals surface area contributed by atoms with Gasteiger partial charge in [0.15, 0.2) is 28.8 Å². The number of hydrogen-bond donors (Lipinski definition) is 0. The third-order valence-electron chi connectivity index (χ3n) is 12.4. The van der Waals surface area contributed by atoms with E-state index in [0.29, 0.717) is 23.1 Å². The molecule has 1 aromatic heterocycles. The molecular formula is C55H36N2O2. The van der Waals surface area contributed by atoms with Crippen LogP contribution in [0, 0.1) is 0 Å². The van der Waals surface area contributed by atoms with Gasteiger partial charge >= 0.3 is 0 Å². The van der Waals surface area contributed by atoms with Crippen molar-refractivity contribution in [2.45, 2.75) is 19.3 Å². The zero-order valence-electron chi connectivity index (χ0n) is 32.5. The predicted molar refractivity (Wildman–Crippen MR) is 240 cm³/mol. The molecule has 12 rings (SSSR count). The number of hydrogen-bond acceptors (Lipinski definition) is 4. The number of fused-ring (bicyclic) bond motifs is 12. The van der Waals surface area contributed by atoms with Gasteiger partial charge in [0.25, 0.3) is 0 Å². The largest absolute Gasteiger partial charge is 0.449 e. The fourth-order valence-electron chi connectivity index (χ4n) is 9.46. The molecule has 0 spiro atoms. The molecule has 10 aromatic rings. The molecule has 0 saturated heterocycles. The van der Waals surface area contributed by atoms with Gasteiger partial charge < -0.3 is 9.47 Å². The highest BCUT2D eigenvalue weighted by Gasteiger charge is 2.39. The summed E-state index contributed by atoms with van der Waals surface area (Å²) in [6.07, 6.45) is 0. The molecule has 1 aliphatic carbocycles. The van der Waals surface area contributed by atoms with E-state index in [1.807, 2.05) is 18.2 Å². The number of aromatic nitrogens is 2. The maximum absolute atomic E-state index is 6.74. The van der Waals surface area contributed by atoms with E-state index in [1.54, 1.807) is 0 Å². The van der Waals surface area contributed by atoms with Crippen LogP contribution < -0.4 is 9.47 Å². The van der Waals surface area contributed by atoms with Crippen molar-refractivity contribution < 1.29 is 9.47 Å². The normalized spacial score (nSPS) is 13.3. The van der Waals surface area contributed by atoms with Gasteiger partial charge in [-0.05, 0) is 90.5 Å². The summed E-state index contributed by atoms with van der Waals surface area (Å²) in [6.45, 7) is 4.55. The molecule has 0 fully saturated rings. The van der Waals surface area contributed by atoms with E-state index in [2.05, 4.69) is 178 Å². The van der Waals surface area contributed by atoms with Crippen LogP contribution in [0.3, 0.4) is 0 Å². The van der Waals surface area contributed by atoms with Gasteiger partial charge in [0.2, 0.25) is 0 Å². The van der Waals surface area contributed by atoms with E-state index < -0.39 is 0 Å². The van der Waals surface area contributed by atoms with Crippen LogP contribution in [-0.4, -0.2) is 9.97 Å². The second-order valence-electron chi connectivity index (χ2n) is 16.1. The van der Waals surface area contributed by atoms with Crippen molar-refractivity contribution >= 4 is 32.3 Å². The van der Waals surface area contributed by atoms with Crippen molar-refractivity contribution in [3.8, 4) is 79.2 Å². The van der Waals surface area contributed by atoms with Crippen molar-refractivity contribution in [2.24, 2.45) is 0 Å². The lowest BCUT2D eigenvalue weighted by molar-refractivity contribution is 0.360. The van der Waals surface area contributed by atoms with Crippen LogP contribution in [0.15, 0.2) is 182 Å². The van der Waals surface area contributed by atoms with Gasteiger partial charge in [-0.15, -0.1) is 0 Å². The molecule has 278 valence electrons. The average molecular weight is 757 g/mol. The Kier molecular flexibility index (Phi) is 7.24. The average Bonchev–Trinajstić information content (AvgIpc) is 3.54. The quantitative estimate of drug-likeness (QED) is 0.168. The van der Waals surface area contributed by atoms with Crippen molar-refractivity contribution in [2.75, 3.05) is 0 Å². The van der Waals surface area contributed by atoms with Crippen LogP contribution in [0.1, 0.15) is 25.0 Å². The van der Waals surface area contributed by atoms with Crippen LogP contribution in [0.4, 0.5) is 0 Å². The minimum atomic E-state index is -0.129. The summed E-state index contributed by atoms with van der Waals surface area (Å²) >= 11 is 0. The highest BCUT2D eigenvalue weighted by atomic mass is 16.6. The summed E-state index contributed by atoms with van der Waals surface area (Å²) < 4.78 is 13.4. The maximum Gasteiger partial charge on any atom is 0.178 e. The van der Waals surface area contributed by atoms with Gasteiger partial charge in [-0.25, -0.2) is 9.97 Å². The first-order chi connectivity index (χ1) is 29.0. The van der Waals surface area contributed by atoms with Gasteiger partial charge in [-0.2, -0.15) is 0 Å². The third kappa shape index (κ3) is 5.16. The molecule has 0 radical (unpaired) electrons. The van der Waals surface area contributed by atoms with E-state index in [0.717, 1.165) is 50.5 Å². The lowest BCUT2D eigenvalue weighted by Crippen LogP contribution is -2.15. The fourth-order valence-corrected chi connectivity index (χ4v) is 9.46. The minimum Gasteiger partial charge on any atom is -0.449 e. The molecular weight excluding hydrogens is 721 g/mol. The Balaban J connectivity index is 0.981. The summed E-state index contributed by atoms with van der Waals surface area (Å²) in [4.78, 5) is 10.6. The van der Waals surface area contributed by atoms with Crippen LogP contribution in [-0.2, 0) is 5.41 Å². The standard InChI is InChI=1S/C55H36N2O2/c1-55(2)45-23-13-12-22-43(45)52-46(55)27-29-50-53(52)59-49-28-25-34(31-51(49)58-50)36-16-6-11-21-42(36)54-56-47(33-14-4-3-5-15-33)32-48(57-54)35-24-26-41-39-19-8-7-17-37(39)38-18-9-10-20-40(38)44(41)30-35/h3-32H,1-2H3. The molecule has 0 saturated carbocycles. The highest BCUT2D eigenvalue weighted by Crippen LogP contribution is 2.58. The molecule has 9 aromatic carbocycles.